The van der Waals surface area contributed by atoms with Crippen molar-refractivity contribution in [3.05, 3.63) is 47.5 Å². The molecule has 0 aliphatic carbocycles. The summed E-state index contributed by atoms with van der Waals surface area (Å²) in [7, 11) is 3.42. The predicted octanol–water partition coefficient (Wildman–Crippen LogP) is 4.24. The normalized spacial score (nSPS) is 18.2. The largest absolute Gasteiger partial charge is 0.497 e. The summed E-state index contributed by atoms with van der Waals surface area (Å²) in [5.41, 5.74) is 5.21. The van der Waals surface area contributed by atoms with Crippen molar-refractivity contribution in [3.63, 3.8) is 0 Å². The maximum atomic E-state index is 5.68. The lowest BCUT2D eigenvalue weighted by Crippen LogP contribution is -2.58. The van der Waals surface area contributed by atoms with Gasteiger partial charge in [0.05, 0.1) is 32.9 Å². The number of benzene rings is 2. The zero-order valence-corrected chi connectivity index (χ0v) is 16.0. The molecule has 0 radical (unpaired) electrons. The highest BCUT2D eigenvalue weighted by molar-refractivity contribution is 5.86. The first-order valence-electron chi connectivity index (χ1n) is 9.46. The van der Waals surface area contributed by atoms with Crippen molar-refractivity contribution in [2.75, 3.05) is 34.0 Å². The predicted molar refractivity (Wildman–Crippen MR) is 106 cm³/mol. The average molecular weight is 352 g/mol. The molecule has 1 saturated heterocycles. The minimum absolute atomic E-state index is 0.820. The fourth-order valence-electron chi connectivity index (χ4n) is 4.45. The van der Waals surface area contributed by atoms with E-state index in [-0.39, 0.29) is 0 Å². The highest BCUT2D eigenvalue weighted by Crippen LogP contribution is 2.38. The number of methoxy groups -OCH3 is 2. The van der Waals surface area contributed by atoms with Gasteiger partial charge in [0, 0.05) is 18.2 Å². The molecular weight excluding hydrogens is 324 g/mol. The van der Waals surface area contributed by atoms with Crippen LogP contribution in [0, 0.1) is 6.92 Å². The number of hydrogen-bond acceptors (Lipinski definition) is 2. The monoisotopic (exact) mass is 352 g/mol. The topological polar surface area (TPSA) is 21.5 Å². The Balaban J connectivity index is 1.85. The molecule has 2 aliphatic rings. The average Bonchev–Trinajstić information content (AvgIpc) is 2.67. The lowest BCUT2D eigenvalue weighted by Gasteiger charge is -2.40. The van der Waals surface area contributed by atoms with Crippen LogP contribution in [0.5, 0.6) is 11.5 Å². The Kier molecular flexibility index (Phi) is 4.45. The number of rotatable bonds is 3. The minimum Gasteiger partial charge on any atom is -0.497 e. The van der Waals surface area contributed by atoms with Crippen LogP contribution < -0.4 is 14.0 Å². The van der Waals surface area contributed by atoms with E-state index in [2.05, 4.69) is 42.0 Å². The minimum atomic E-state index is 0.820. The first kappa shape index (κ1) is 17.1. The number of piperidine rings is 1. The van der Waals surface area contributed by atoms with E-state index in [9.17, 15) is 0 Å². The smallest absolute Gasteiger partial charge is 0.281 e. The fraction of sp³-hybridized carbons (Fsp3) is 0.409. The van der Waals surface area contributed by atoms with Crippen LogP contribution in [0.25, 0.3) is 0 Å². The van der Waals surface area contributed by atoms with Crippen molar-refractivity contribution in [2.24, 2.45) is 0 Å². The summed E-state index contributed by atoms with van der Waals surface area (Å²) in [5, 5.41) is 0. The number of ether oxygens (including phenoxy) is 2. The number of aryl methyl sites for hydroxylation is 1. The van der Waals surface area contributed by atoms with Crippen LogP contribution in [0.15, 0.2) is 36.4 Å². The second-order valence-corrected chi connectivity index (χ2v) is 7.49. The van der Waals surface area contributed by atoms with E-state index in [1.54, 1.807) is 14.2 Å². The van der Waals surface area contributed by atoms with Gasteiger partial charge in [-0.3, -0.25) is 0 Å². The van der Waals surface area contributed by atoms with E-state index in [1.807, 2.05) is 12.1 Å². The number of hydrogen-bond donors (Lipinski definition) is 0. The molecule has 0 N–H and O–H groups in total. The van der Waals surface area contributed by atoms with E-state index in [1.165, 1.54) is 49.2 Å². The van der Waals surface area contributed by atoms with Crippen molar-refractivity contribution in [1.29, 1.82) is 0 Å². The zero-order chi connectivity index (χ0) is 18.1. The van der Waals surface area contributed by atoms with Crippen LogP contribution in [-0.4, -0.2) is 44.8 Å². The molecule has 2 aromatic rings. The molecule has 0 amide bonds. The molecule has 136 valence electrons. The summed E-state index contributed by atoms with van der Waals surface area (Å²) in [6, 6.07) is 13.0. The molecule has 0 bridgehead atoms. The zero-order valence-electron chi connectivity index (χ0n) is 16.0. The summed E-state index contributed by atoms with van der Waals surface area (Å²) in [6.07, 6.45) is 6.21. The van der Waals surface area contributed by atoms with Gasteiger partial charge in [-0.15, -0.1) is 4.58 Å². The van der Waals surface area contributed by atoms with Gasteiger partial charge in [0.25, 0.3) is 12.4 Å². The number of nitrogens with zero attached hydrogens (tertiary/aromatic N) is 2. The van der Waals surface area contributed by atoms with Crippen LogP contribution in [0.4, 0.5) is 11.4 Å². The quantitative estimate of drug-likeness (QED) is 0.609. The first-order valence-corrected chi connectivity index (χ1v) is 9.46. The maximum absolute atomic E-state index is 5.68. The third-order valence-electron chi connectivity index (χ3n) is 5.78. The van der Waals surface area contributed by atoms with E-state index >= 15 is 0 Å². The maximum Gasteiger partial charge on any atom is 0.281 e. The summed E-state index contributed by atoms with van der Waals surface area (Å²) in [4.78, 5) is 0. The summed E-state index contributed by atoms with van der Waals surface area (Å²) < 4.78 is 14.5. The molecule has 2 aromatic carbocycles. The molecule has 2 heterocycles. The Morgan fingerprint density at radius 3 is 2.46 bits per heavy atom. The summed E-state index contributed by atoms with van der Waals surface area (Å²) >= 11 is 0. The molecule has 0 unspecified atom stereocenters. The van der Waals surface area contributed by atoms with Crippen molar-refractivity contribution in [1.82, 2.24) is 4.48 Å². The van der Waals surface area contributed by atoms with E-state index in [0.717, 1.165) is 28.3 Å². The molecule has 4 nitrogen and oxygen atoms in total. The van der Waals surface area contributed by atoms with Gasteiger partial charge in [-0.25, -0.2) is 4.48 Å². The molecule has 0 aromatic heterocycles. The van der Waals surface area contributed by atoms with E-state index in [0.29, 0.717) is 0 Å². The van der Waals surface area contributed by atoms with Gasteiger partial charge < -0.3 is 9.47 Å². The van der Waals surface area contributed by atoms with Crippen LogP contribution in [0.1, 0.15) is 30.4 Å². The van der Waals surface area contributed by atoms with Crippen LogP contribution in [-0.2, 0) is 0 Å². The Hall–Kier alpha value is -2.33. The Bertz CT molecular complexity index is 851. The molecule has 1 spiro atoms. The van der Waals surface area contributed by atoms with Gasteiger partial charge in [0.2, 0.25) is 0 Å². The number of fused-ring (bicyclic) bond motifs is 2. The Morgan fingerprint density at radius 2 is 1.73 bits per heavy atom. The lowest BCUT2D eigenvalue weighted by molar-refractivity contribution is -0.463. The van der Waals surface area contributed by atoms with Crippen molar-refractivity contribution in [3.8, 4) is 11.5 Å². The lowest BCUT2D eigenvalue weighted by atomic mass is 10.0. The third kappa shape index (κ3) is 2.88. The van der Waals surface area contributed by atoms with Crippen LogP contribution in [0.2, 0.25) is 0 Å². The molecule has 0 saturated carbocycles. The van der Waals surface area contributed by atoms with Gasteiger partial charge >= 0.3 is 0 Å². The fourth-order valence-corrected chi connectivity index (χ4v) is 4.45. The summed E-state index contributed by atoms with van der Waals surface area (Å²) in [6.45, 7) is 5.54. The molecule has 26 heavy (non-hydrogen) atoms. The van der Waals surface area contributed by atoms with Gasteiger partial charge in [-0.2, -0.15) is 0 Å². The molecule has 1 fully saturated rings. The second kappa shape index (κ2) is 6.76. The molecule has 4 rings (SSSR count). The van der Waals surface area contributed by atoms with Gasteiger partial charge in [-0.1, -0.05) is 6.07 Å². The molecule has 2 aliphatic heterocycles. The standard InChI is InChI=1S/C22H28N2O2/c1-17-7-10-21-18(13-17)15-23(16-24(21)11-5-4-6-12-24)20-9-8-19(25-2)14-22(20)26-3/h7-10,13-15H,4-6,11-12,16H2,1-3H3/q+2. The van der Waals surface area contributed by atoms with Gasteiger partial charge in [0.1, 0.15) is 5.75 Å². The summed E-state index contributed by atoms with van der Waals surface area (Å²) in [5.74, 6) is 1.67. The van der Waals surface area contributed by atoms with Gasteiger partial charge in [-0.05, 0) is 43.9 Å². The van der Waals surface area contributed by atoms with E-state index in [4.69, 9.17) is 9.47 Å². The van der Waals surface area contributed by atoms with E-state index < -0.39 is 0 Å². The molecule has 4 heteroatoms. The van der Waals surface area contributed by atoms with Crippen LogP contribution in [0.3, 0.4) is 0 Å². The highest BCUT2D eigenvalue weighted by Gasteiger charge is 2.42. The third-order valence-corrected chi connectivity index (χ3v) is 5.78. The van der Waals surface area contributed by atoms with Crippen molar-refractivity contribution >= 4 is 17.6 Å². The van der Waals surface area contributed by atoms with Crippen molar-refractivity contribution in [2.45, 2.75) is 26.2 Å². The SMILES string of the molecule is COc1ccc([N+]2=Cc3cc(C)ccc3[N+]3(CCCCC3)C2)c(OC)c1. The molecule has 0 atom stereocenters. The van der Waals surface area contributed by atoms with Crippen LogP contribution >= 0.6 is 0 Å². The molecular formula is C22H28N2O2+2. The second-order valence-electron chi connectivity index (χ2n) is 7.49. The Morgan fingerprint density at radius 1 is 0.923 bits per heavy atom. The van der Waals surface area contributed by atoms with Crippen molar-refractivity contribution < 1.29 is 14.0 Å². The first-order chi connectivity index (χ1) is 12.6. The number of quaternary nitrogens is 1. The Labute approximate surface area is 155 Å². The highest BCUT2D eigenvalue weighted by atomic mass is 16.5. The van der Waals surface area contributed by atoms with Gasteiger partial charge in [0.15, 0.2) is 17.7 Å².